The van der Waals surface area contributed by atoms with E-state index >= 15 is 0 Å². The number of nitrogens with two attached hydrogens (primary N) is 2. The first-order valence-electron chi connectivity index (χ1n) is 33.0. The standard InChI is InChI=1S/C23H31N5O4.C22H27N5O4.C21H27N5O4/c1-12-10-28-18-5-4-17(27-7-6-15(11-27)13(2)24)8-16(18)9-23(19(28)14(3)32-12)20(29)25-22(31)26-21(23)30;1-10-7-27-16-4-3-13(26-8-14-15(9-26)17(14)23)5-12(16)6-22(18(27)11(2)31-10)19(28)24-21(30)25-20(22)29;1-12-11-26-16-4-3-15(25-7-5-22-6-8-25)9-14(16)10-21(17(26)13(2)30-12)18(27)23-20(29)24-19(21)28/h4-5,8,12-15,19H,6-7,9-11,24H2,1-3H3,(H2,25,26,29,30,31);3-5,10-11,14-15,17-18H,6-9,23H2,1-2H3,(H2,24,25,28,29,30);3-4,9,12-13,17,22H,5-8,10-11H2,1-2H3,(H2,23,24,27,28,29)/t12-,13-,14+,15?,19-;10-,11+,14-,15+,17?,18-;12-,13+,17-/m111/s1. The molecular weight excluding hydrogens is 1190 g/mol. The third-order valence-electron chi connectivity index (χ3n) is 22.3. The molecule has 3 aromatic carbocycles. The summed E-state index contributed by atoms with van der Waals surface area (Å²) in [6, 6.07) is 15.6. The Labute approximate surface area is 539 Å². The van der Waals surface area contributed by atoms with E-state index in [9.17, 15) is 43.2 Å². The molecule has 1 aliphatic carbocycles. The van der Waals surface area contributed by atoms with E-state index in [1.165, 1.54) is 0 Å². The fourth-order valence-electron chi connectivity index (χ4n) is 18.1. The third kappa shape index (κ3) is 10.2. The zero-order valence-corrected chi connectivity index (χ0v) is 53.6. The highest BCUT2D eigenvalue weighted by molar-refractivity contribution is 6.22. The molecular formula is C66H85N15O12. The lowest BCUT2D eigenvalue weighted by molar-refractivity contribution is -0.154. The number of morpholine rings is 3. The van der Waals surface area contributed by atoms with Crippen LogP contribution in [0.25, 0.3) is 0 Å². The molecule has 10 fully saturated rings. The number of piperidine rings is 1. The van der Waals surface area contributed by atoms with Gasteiger partial charge in [-0.2, -0.15) is 0 Å². The molecule has 3 spiro atoms. The second-order valence-corrected chi connectivity index (χ2v) is 28.2. The van der Waals surface area contributed by atoms with Crippen molar-refractivity contribution in [3.05, 3.63) is 71.3 Å². The van der Waals surface area contributed by atoms with Gasteiger partial charge in [-0.15, -0.1) is 0 Å². The van der Waals surface area contributed by atoms with Crippen molar-refractivity contribution in [1.29, 1.82) is 0 Å². The lowest BCUT2D eigenvalue weighted by Gasteiger charge is -2.55. The van der Waals surface area contributed by atoms with Crippen LogP contribution in [0.5, 0.6) is 0 Å². The Morgan fingerprint density at radius 3 is 1.12 bits per heavy atom. The van der Waals surface area contributed by atoms with Gasteiger partial charge in [0.05, 0.1) is 54.7 Å². The topological polar surface area (TPSA) is 337 Å². The summed E-state index contributed by atoms with van der Waals surface area (Å²) in [5.74, 6) is -1.73. The summed E-state index contributed by atoms with van der Waals surface area (Å²) >= 11 is 0. The maximum absolute atomic E-state index is 13.2. The van der Waals surface area contributed by atoms with Gasteiger partial charge in [0.1, 0.15) is 0 Å². The van der Waals surface area contributed by atoms with E-state index in [2.05, 4.69) is 121 Å². The lowest BCUT2D eigenvalue weighted by atomic mass is 9.66. The second-order valence-electron chi connectivity index (χ2n) is 28.2. The number of hydrogen-bond donors (Lipinski definition) is 9. The predicted molar refractivity (Wildman–Crippen MR) is 342 cm³/mol. The Bertz CT molecular complexity index is 3560. The van der Waals surface area contributed by atoms with Crippen LogP contribution >= 0.6 is 0 Å². The van der Waals surface area contributed by atoms with Crippen molar-refractivity contribution in [3.8, 4) is 0 Å². The van der Waals surface area contributed by atoms with Gasteiger partial charge in [-0.1, -0.05) is 0 Å². The number of nitrogens with one attached hydrogen (secondary N) is 7. The highest BCUT2D eigenvalue weighted by atomic mass is 16.5. The molecule has 12 heterocycles. The van der Waals surface area contributed by atoms with Gasteiger partial charge in [0.25, 0.3) is 0 Å². The van der Waals surface area contributed by atoms with E-state index in [0.29, 0.717) is 43.4 Å². The number of carbonyl (C=O) groups excluding carboxylic acids is 9. The Morgan fingerprint density at radius 1 is 0.452 bits per heavy atom. The molecule has 11 N–H and O–H groups in total. The van der Waals surface area contributed by atoms with Crippen LogP contribution in [0.4, 0.5) is 48.5 Å². The molecule has 12 amide bonds. The molecule has 3 aromatic rings. The van der Waals surface area contributed by atoms with Gasteiger partial charge in [0, 0.05) is 118 Å². The van der Waals surface area contributed by atoms with Crippen LogP contribution in [0, 0.1) is 34.0 Å². The molecule has 12 aliphatic heterocycles. The van der Waals surface area contributed by atoms with Crippen molar-refractivity contribution in [1.82, 2.24) is 37.2 Å². The van der Waals surface area contributed by atoms with Crippen molar-refractivity contribution in [2.24, 2.45) is 45.5 Å². The summed E-state index contributed by atoms with van der Waals surface area (Å²) in [4.78, 5) is 128. The van der Waals surface area contributed by atoms with E-state index in [0.717, 1.165) is 110 Å². The fraction of sp³-hybridized carbons (Fsp3) is 0.591. The zero-order valence-electron chi connectivity index (χ0n) is 53.6. The number of ether oxygens (including phenoxy) is 3. The van der Waals surface area contributed by atoms with Crippen LogP contribution in [-0.2, 0) is 62.2 Å². The van der Waals surface area contributed by atoms with E-state index in [4.69, 9.17) is 25.7 Å². The van der Waals surface area contributed by atoms with E-state index < -0.39 is 87.9 Å². The van der Waals surface area contributed by atoms with Crippen LogP contribution in [-0.4, -0.2) is 192 Å². The quantitative estimate of drug-likeness (QED) is 0.162. The van der Waals surface area contributed by atoms with Crippen molar-refractivity contribution < 1.29 is 57.4 Å². The number of rotatable bonds is 4. The number of carbonyl (C=O) groups is 9. The van der Waals surface area contributed by atoms with Crippen LogP contribution in [0.2, 0.25) is 0 Å². The summed E-state index contributed by atoms with van der Waals surface area (Å²) in [6.07, 6.45) is 0.531. The first-order valence-corrected chi connectivity index (χ1v) is 33.0. The largest absolute Gasteiger partial charge is 0.372 e. The van der Waals surface area contributed by atoms with Gasteiger partial charge in [-0.3, -0.25) is 60.7 Å². The maximum Gasteiger partial charge on any atom is 0.328 e. The number of anilines is 6. The molecule has 0 aromatic heterocycles. The third-order valence-corrected chi connectivity index (χ3v) is 22.3. The average Bonchev–Trinajstić information content (AvgIpc) is 1.55. The summed E-state index contributed by atoms with van der Waals surface area (Å²) < 4.78 is 18.1. The molecule has 0 radical (unpaired) electrons. The zero-order chi connectivity index (χ0) is 65.5. The average molecular weight is 1280 g/mol. The Hall–Kier alpha value is -7.95. The van der Waals surface area contributed by atoms with Crippen LogP contribution in [0.1, 0.15) is 71.6 Å². The van der Waals surface area contributed by atoms with Gasteiger partial charge in [0.15, 0.2) is 16.2 Å². The molecule has 13 aliphatic rings. The number of urea groups is 3. The minimum atomic E-state index is -1.43. The molecule has 2 unspecified atom stereocenters. The number of barbiturate groups is 3. The van der Waals surface area contributed by atoms with Crippen molar-refractivity contribution in [2.75, 3.05) is 101 Å². The number of imide groups is 6. The monoisotopic (exact) mass is 1280 g/mol. The number of fused-ring (bicyclic) bond motifs is 13. The van der Waals surface area contributed by atoms with Gasteiger partial charge >= 0.3 is 18.1 Å². The Morgan fingerprint density at radius 2 is 0.785 bits per heavy atom. The Balaban J connectivity index is 0.000000121. The molecule has 9 saturated heterocycles. The molecule has 0 bridgehead atoms. The molecule has 27 nitrogen and oxygen atoms in total. The minimum absolute atomic E-state index is 0.0385. The van der Waals surface area contributed by atoms with Crippen molar-refractivity contribution >= 4 is 87.7 Å². The predicted octanol–water partition coefficient (Wildman–Crippen LogP) is 0.708. The van der Waals surface area contributed by atoms with Crippen LogP contribution in [0.3, 0.4) is 0 Å². The van der Waals surface area contributed by atoms with Gasteiger partial charge in [-0.05, 0) is 163 Å². The van der Waals surface area contributed by atoms with Gasteiger partial charge < -0.3 is 60.4 Å². The minimum Gasteiger partial charge on any atom is -0.372 e. The summed E-state index contributed by atoms with van der Waals surface area (Å²) in [6.45, 7) is 22.8. The smallest absolute Gasteiger partial charge is 0.328 e. The van der Waals surface area contributed by atoms with Crippen LogP contribution < -0.4 is 78.1 Å². The SMILES string of the molecule is C[C@@H]1CN2c3ccc(N4CCC([C@@H](C)N)C4)cc3CC3(C(=O)NC(=O)NC3=O)[C@H]2[C@H](C)O1.C[C@@H]1CN2c3ccc(N4CCNCC4)cc3CC3(C(=O)NC(=O)NC3=O)[C@H]2[C@H](C)O1.C[C@@H]1CN2c3ccc(N4C[C@@H]5C(N)[C@@H]5C4)cc3CC3(C(=O)NC(=O)NC3=O)[C@H]2[C@H](C)O1. The number of benzene rings is 3. The maximum atomic E-state index is 13.2. The summed E-state index contributed by atoms with van der Waals surface area (Å²) in [7, 11) is 0. The normalized spacial score (nSPS) is 33.5. The van der Waals surface area contributed by atoms with E-state index in [1.807, 2.05) is 48.5 Å². The fourth-order valence-corrected chi connectivity index (χ4v) is 18.1. The number of hydrogen-bond acceptors (Lipinski definition) is 21. The molecule has 27 heteroatoms. The molecule has 16 rings (SSSR count). The van der Waals surface area contributed by atoms with Crippen LogP contribution in [0.15, 0.2) is 54.6 Å². The summed E-state index contributed by atoms with van der Waals surface area (Å²) in [5.41, 5.74) is 17.1. The number of amides is 12. The Kier molecular flexibility index (Phi) is 15.6. The molecule has 1 saturated carbocycles. The highest BCUT2D eigenvalue weighted by Gasteiger charge is 2.66. The highest BCUT2D eigenvalue weighted by Crippen LogP contribution is 2.52. The van der Waals surface area contributed by atoms with E-state index in [-0.39, 0.29) is 61.9 Å². The molecule has 496 valence electrons. The number of piperazine rings is 1. The first kappa shape index (κ1) is 62.5. The molecule has 93 heavy (non-hydrogen) atoms. The summed E-state index contributed by atoms with van der Waals surface area (Å²) in [5, 5.41) is 17.4. The first-order chi connectivity index (χ1) is 44.4. The van der Waals surface area contributed by atoms with Gasteiger partial charge in [-0.25, -0.2) is 14.4 Å². The van der Waals surface area contributed by atoms with Crippen molar-refractivity contribution in [3.63, 3.8) is 0 Å². The van der Waals surface area contributed by atoms with E-state index in [1.54, 1.807) is 0 Å². The molecule has 14 atom stereocenters. The number of nitrogens with zero attached hydrogens (tertiary/aromatic N) is 6. The van der Waals surface area contributed by atoms with Gasteiger partial charge in [0.2, 0.25) is 35.4 Å². The van der Waals surface area contributed by atoms with Crippen molar-refractivity contribution in [2.45, 2.75) is 141 Å². The second kappa shape index (κ2) is 23.2. The lowest BCUT2D eigenvalue weighted by Crippen LogP contribution is -2.75.